The summed E-state index contributed by atoms with van der Waals surface area (Å²) < 4.78 is 11.8. The van der Waals surface area contributed by atoms with E-state index in [2.05, 4.69) is 31.9 Å². The molecule has 3 aromatic carbocycles. The van der Waals surface area contributed by atoms with Gasteiger partial charge in [-0.1, -0.05) is 92.5 Å². The summed E-state index contributed by atoms with van der Waals surface area (Å²) in [5.74, 6) is -0.455. The number of hydrogen-bond donors (Lipinski definition) is 0. The molecular weight excluding hydrogens is 500 g/mol. The average Bonchev–Trinajstić information content (AvgIpc) is 2.71. The van der Waals surface area contributed by atoms with E-state index in [4.69, 9.17) is 9.47 Å². The van der Waals surface area contributed by atoms with Crippen molar-refractivity contribution in [1.82, 2.24) is 0 Å². The van der Waals surface area contributed by atoms with Crippen molar-refractivity contribution in [2.75, 3.05) is 0 Å². The first-order chi connectivity index (χ1) is 14.0. The van der Waals surface area contributed by atoms with Gasteiger partial charge in [0.2, 0.25) is 0 Å². The van der Waals surface area contributed by atoms with Gasteiger partial charge in [-0.2, -0.15) is 0 Å². The number of rotatable bonds is 7. The third-order valence-corrected chi connectivity index (χ3v) is 5.43. The molecule has 0 aliphatic carbocycles. The maximum atomic E-state index is 12.4. The van der Waals surface area contributed by atoms with Gasteiger partial charge in [0, 0.05) is 9.80 Å². The lowest BCUT2D eigenvalue weighted by Gasteiger charge is -2.13. The molecule has 0 heterocycles. The van der Waals surface area contributed by atoms with E-state index in [-0.39, 0.29) is 24.3 Å². The predicted molar refractivity (Wildman–Crippen MR) is 118 cm³/mol. The highest BCUT2D eigenvalue weighted by atomic mass is 79.9. The van der Waals surface area contributed by atoms with Crippen molar-refractivity contribution in [3.63, 3.8) is 0 Å². The molecule has 0 aromatic heterocycles. The Hall–Kier alpha value is -2.44. The van der Waals surface area contributed by atoms with Crippen LogP contribution in [-0.4, -0.2) is 11.9 Å². The van der Waals surface area contributed by atoms with Gasteiger partial charge in [-0.05, 0) is 28.8 Å². The first kappa shape index (κ1) is 21.3. The van der Waals surface area contributed by atoms with Crippen LogP contribution >= 0.6 is 31.9 Å². The molecular formula is C23H18Br2O4. The van der Waals surface area contributed by atoms with Gasteiger partial charge in [0.25, 0.3) is 0 Å². The van der Waals surface area contributed by atoms with E-state index < -0.39 is 11.9 Å². The lowest BCUT2D eigenvalue weighted by Crippen LogP contribution is -2.15. The van der Waals surface area contributed by atoms with Crippen LogP contribution in [0.5, 0.6) is 11.5 Å². The smallest absolute Gasteiger partial charge is 0.315 e. The average molecular weight is 518 g/mol. The van der Waals surface area contributed by atoms with E-state index in [1.165, 1.54) is 0 Å². The van der Waals surface area contributed by atoms with E-state index in [9.17, 15) is 9.59 Å². The lowest BCUT2D eigenvalue weighted by molar-refractivity contribution is -0.136. The zero-order chi connectivity index (χ0) is 20.6. The van der Waals surface area contributed by atoms with Crippen LogP contribution in [0.1, 0.15) is 16.7 Å². The van der Waals surface area contributed by atoms with E-state index in [1.807, 2.05) is 60.7 Å². The van der Waals surface area contributed by atoms with Gasteiger partial charge in [-0.25, -0.2) is 0 Å². The highest BCUT2D eigenvalue weighted by Gasteiger charge is 2.17. The number of carbonyl (C=O) groups excluding carboxylic acids is 2. The molecule has 0 saturated carbocycles. The Morgan fingerprint density at radius 1 is 0.724 bits per heavy atom. The highest BCUT2D eigenvalue weighted by molar-refractivity contribution is 9.10. The third kappa shape index (κ3) is 6.27. The van der Waals surface area contributed by atoms with Gasteiger partial charge in [0.15, 0.2) is 11.5 Å². The summed E-state index contributed by atoms with van der Waals surface area (Å²) in [4.78, 5) is 24.8. The highest BCUT2D eigenvalue weighted by Crippen LogP contribution is 2.35. The number of benzene rings is 3. The zero-order valence-corrected chi connectivity index (χ0v) is 18.6. The Morgan fingerprint density at radius 3 is 1.62 bits per heavy atom. The number of ether oxygens (including phenoxy) is 2. The topological polar surface area (TPSA) is 52.6 Å². The second-order valence-electron chi connectivity index (χ2n) is 6.30. The Labute approximate surface area is 186 Å². The van der Waals surface area contributed by atoms with Gasteiger partial charge in [0.1, 0.15) is 0 Å². The van der Waals surface area contributed by atoms with Crippen molar-refractivity contribution >= 4 is 43.8 Å². The number of halogens is 2. The molecule has 0 spiro atoms. The summed E-state index contributed by atoms with van der Waals surface area (Å²) in [6, 6.07) is 22.0. The van der Waals surface area contributed by atoms with E-state index >= 15 is 0 Å². The van der Waals surface area contributed by atoms with Crippen LogP contribution in [0.2, 0.25) is 0 Å². The first-order valence-electron chi connectivity index (χ1n) is 8.92. The summed E-state index contributed by atoms with van der Waals surface area (Å²) in [5.41, 5.74) is 2.56. The van der Waals surface area contributed by atoms with Gasteiger partial charge >= 0.3 is 11.9 Å². The zero-order valence-electron chi connectivity index (χ0n) is 15.4. The molecule has 148 valence electrons. The minimum Gasteiger partial charge on any atom is -0.422 e. The molecule has 6 heteroatoms. The summed E-state index contributed by atoms with van der Waals surface area (Å²) in [7, 11) is 0. The number of carbonyl (C=O) groups is 2. The van der Waals surface area contributed by atoms with E-state index in [0.717, 1.165) is 21.2 Å². The molecule has 0 aliphatic rings. The van der Waals surface area contributed by atoms with E-state index in [1.54, 1.807) is 12.1 Å². The predicted octanol–water partition coefficient (Wildman–Crippen LogP) is 5.64. The van der Waals surface area contributed by atoms with Crippen LogP contribution in [0.15, 0.2) is 77.3 Å². The van der Waals surface area contributed by atoms with Crippen LogP contribution in [-0.2, 0) is 27.8 Å². The Balaban J connectivity index is 1.77. The van der Waals surface area contributed by atoms with E-state index in [0.29, 0.717) is 5.33 Å². The minimum atomic E-state index is -0.435. The Bertz CT molecular complexity index is 989. The fourth-order valence-corrected chi connectivity index (χ4v) is 3.98. The fraction of sp³-hybridized carbons (Fsp3) is 0.130. The molecule has 0 aliphatic heterocycles. The monoisotopic (exact) mass is 516 g/mol. The Morgan fingerprint density at radius 2 is 1.17 bits per heavy atom. The molecule has 0 radical (unpaired) electrons. The van der Waals surface area contributed by atoms with Gasteiger partial charge < -0.3 is 9.47 Å². The summed E-state index contributed by atoms with van der Waals surface area (Å²) >= 11 is 6.86. The molecule has 3 aromatic rings. The van der Waals surface area contributed by atoms with Crippen molar-refractivity contribution < 1.29 is 19.1 Å². The van der Waals surface area contributed by atoms with Crippen molar-refractivity contribution in [2.24, 2.45) is 0 Å². The van der Waals surface area contributed by atoms with Gasteiger partial charge in [0.05, 0.1) is 12.8 Å². The maximum absolute atomic E-state index is 12.4. The van der Waals surface area contributed by atoms with Crippen molar-refractivity contribution in [1.29, 1.82) is 0 Å². The summed E-state index contributed by atoms with van der Waals surface area (Å²) in [6.45, 7) is 0. The molecule has 0 N–H and O–H groups in total. The molecule has 0 amide bonds. The molecule has 0 atom stereocenters. The minimum absolute atomic E-state index is 0.121. The standard InChI is InChI=1S/C23H18Br2O4/c24-15-18-13-20(28-22(26)11-16-7-3-1-4-8-16)21(14-19(18)25)29-23(27)12-17-9-5-2-6-10-17/h1-10,13-14H,11-12,15H2. The van der Waals surface area contributed by atoms with Gasteiger partial charge in [-0.3, -0.25) is 9.59 Å². The fourth-order valence-electron chi connectivity index (χ4n) is 2.68. The molecule has 4 nitrogen and oxygen atoms in total. The molecule has 0 saturated heterocycles. The van der Waals surface area contributed by atoms with Crippen LogP contribution in [0.3, 0.4) is 0 Å². The number of hydrogen-bond acceptors (Lipinski definition) is 4. The molecule has 0 bridgehead atoms. The number of alkyl halides is 1. The first-order valence-corrected chi connectivity index (χ1v) is 10.8. The van der Waals surface area contributed by atoms with Crippen LogP contribution in [0.25, 0.3) is 0 Å². The maximum Gasteiger partial charge on any atom is 0.315 e. The van der Waals surface area contributed by atoms with Crippen molar-refractivity contribution in [3.8, 4) is 11.5 Å². The largest absolute Gasteiger partial charge is 0.422 e. The van der Waals surface area contributed by atoms with Crippen LogP contribution in [0.4, 0.5) is 0 Å². The second kappa shape index (κ2) is 10.4. The normalized spacial score (nSPS) is 10.4. The SMILES string of the molecule is O=C(Cc1ccccc1)Oc1cc(Br)c(CBr)cc1OC(=O)Cc1ccccc1. The lowest BCUT2D eigenvalue weighted by atomic mass is 10.1. The Kier molecular flexibility index (Phi) is 7.61. The molecule has 0 unspecified atom stereocenters. The number of esters is 2. The second-order valence-corrected chi connectivity index (χ2v) is 7.71. The third-order valence-electron chi connectivity index (χ3n) is 4.09. The summed E-state index contributed by atoms with van der Waals surface area (Å²) in [5, 5.41) is 0.551. The van der Waals surface area contributed by atoms with Gasteiger partial charge in [-0.15, -0.1) is 0 Å². The molecule has 0 fully saturated rings. The summed E-state index contributed by atoms with van der Waals surface area (Å²) in [6.07, 6.45) is 0.244. The van der Waals surface area contributed by atoms with Crippen LogP contribution in [0, 0.1) is 0 Å². The van der Waals surface area contributed by atoms with Crippen molar-refractivity contribution in [2.45, 2.75) is 18.2 Å². The molecule has 29 heavy (non-hydrogen) atoms. The van der Waals surface area contributed by atoms with Crippen molar-refractivity contribution in [3.05, 3.63) is 94.0 Å². The quantitative estimate of drug-likeness (QED) is 0.231. The van der Waals surface area contributed by atoms with Crippen LogP contribution < -0.4 is 9.47 Å². The molecule has 3 rings (SSSR count).